The first-order valence-electron chi connectivity index (χ1n) is 4.42. The molecule has 63 valence electrons. The molecule has 1 saturated carbocycles. The summed E-state index contributed by atoms with van der Waals surface area (Å²) in [5.74, 6) is 2.14. The minimum absolute atomic E-state index is 1.01. The summed E-state index contributed by atoms with van der Waals surface area (Å²) < 4.78 is 0. The van der Waals surface area contributed by atoms with Gasteiger partial charge in [0.15, 0.2) is 0 Å². The molecule has 0 unspecified atom stereocenters. The van der Waals surface area contributed by atoms with Gasteiger partial charge in [-0.2, -0.15) is 12.6 Å². The molecule has 1 aliphatic carbocycles. The third kappa shape index (κ3) is 4.39. The summed E-state index contributed by atoms with van der Waals surface area (Å²) in [4.78, 5) is 0. The van der Waals surface area contributed by atoms with E-state index in [2.05, 4.69) is 38.3 Å². The summed E-state index contributed by atoms with van der Waals surface area (Å²) in [6.07, 6.45) is 17.6. The lowest BCUT2D eigenvalue weighted by atomic mass is 10.00. The van der Waals surface area contributed by atoms with Crippen LogP contribution < -0.4 is 0 Å². The second-order valence-corrected chi connectivity index (χ2v) is 3.31. The molecular weight excluding hydrogens is 164 g/mol. The van der Waals surface area contributed by atoms with Crippen molar-refractivity contribution in [3.8, 4) is 0 Å². The number of thiol groups is 1. The van der Waals surface area contributed by atoms with Crippen LogP contribution in [0, 0.1) is 31.6 Å². The van der Waals surface area contributed by atoms with Crippen LogP contribution in [-0.4, -0.2) is 5.75 Å². The van der Waals surface area contributed by atoms with E-state index < -0.39 is 0 Å². The van der Waals surface area contributed by atoms with Crippen molar-refractivity contribution >= 4 is 12.6 Å². The van der Waals surface area contributed by atoms with Gasteiger partial charge in [-0.15, -0.1) is 0 Å². The largest absolute Gasteiger partial charge is 0.179 e. The molecule has 0 aromatic carbocycles. The van der Waals surface area contributed by atoms with Crippen molar-refractivity contribution in [3.63, 3.8) is 0 Å². The van der Waals surface area contributed by atoms with Gasteiger partial charge in [0, 0.05) is 0 Å². The van der Waals surface area contributed by atoms with E-state index in [0.717, 1.165) is 18.1 Å². The maximum Gasteiger partial charge on any atom is -0.0000244 e. The van der Waals surface area contributed by atoms with Crippen LogP contribution in [-0.2, 0) is 0 Å². The van der Waals surface area contributed by atoms with Crippen LogP contribution in [0.2, 0.25) is 0 Å². The first-order valence-corrected chi connectivity index (χ1v) is 5.05. The summed E-state index contributed by atoms with van der Waals surface area (Å²) in [6, 6.07) is 0. The summed E-state index contributed by atoms with van der Waals surface area (Å²) >= 11 is 4.16. The topological polar surface area (TPSA) is 0 Å². The Morgan fingerprint density at radius 2 is 1.58 bits per heavy atom. The zero-order valence-electron chi connectivity index (χ0n) is 7.19. The monoisotopic (exact) mass is 177 g/mol. The van der Waals surface area contributed by atoms with E-state index in [0.29, 0.717) is 0 Å². The zero-order chi connectivity index (χ0) is 8.65. The summed E-state index contributed by atoms with van der Waals surface area (Å²) in [5, 5.41) is 0. The highest BCUT2D eigenvalue weighted by molar-refractivity contribution is 7.80. The molecule has 1 aliphatic rings. The molecule has 0 heterocycles. The molecule has 0 aromatic heterocycles. The van der Waals surface area contributed by atoms with Crippen LogP contribution in [0.25, 0.3) is 0 Å². The predicted octanol–water partition coefficient (Wildman–Crippen LogP) is 2.78. The average molecular weight is 177 g/mol. The molecule has 1 fully saturated rings. The average Bonchev–Trinajstić information content (AvgIpc) is 2.57. The van der Waals surface area contributed by atoms with E-state index in [1.807, 2.05) is 0 Å². The Labute approximate surface area is 82.5 Å². The highest BCUT2D eigenvalue weighted by Crippen LogP contribution is 2.27. The fourth-order valence-electron chi connectivity index (χ4n) is 1.14. The predicted molar refractivity (Wildman–Crippen MR) is 53.2 cm³/mol. The van der Waals surface area contributed by atoms with Crippen LogP contribution in [0.15, 0.2) is 0 Å². The number of unbranched alkanes of at least 4 members (excludes halogenated alkanes) is 3. The molecule has 0 aliphatic heterocycles. The van der Waals surface area contributed by atoms with E-state index >= 15 is 0 Å². The second kappa shape index (κ2) is 6.82. The van der Waals surface area contributed by atoms with Crippen molar-refractivity contribution in [2.75, 3.05) is 5.75 Å². The molecule has 1 rings (SSSR count). The summed E-state index contributed by atoms with van der Waals surface area (Å²) in [7, 11) is 0. The zero-order valence-corrected chi connectivity index (χ0v) is 8.08. The maximum atomic E-state index is 4.16. The molecule has 0 atom stereocenters. The van der Waals surface area contributed by atoms with Crippen LogP contribution in [0.5, 0.6) is 0 Å². The minimum atomic E-state index is 1.01. The Hall–Kier alpha value is 0.350. The van der Waals surface area contributed by atoms with Gasteiger partial charge in [-0.1, -0.05) is 19.3 Å². The van der Waals surface area contributed by atoms with Crippen LogP contribution in [0.3, 0.4) is 0 Å². The van der Waals surface area contributed by atoms with E-state index in [1.165, 1.54) is 25.7 Å². The number of hydrogen-bond donors (Lipinski definition) is 1. The van der Waals surface area contributed by atoms with E-state index in [9.17, 15) is 0 Å². The standard InChI is InChI=1S/C11H13S/c12-10-6-2-1-3-7-11-8-4-5-9-11/h12H,1-3,6-7,10H2. The number of rotatable bonds is 6. The SMILES string of the molecule is SCCCCCC[C]1[C][C][C][C]1. The lowest BCUT2D eigenvalue weighted by Crippen LogP contribution is -1.91. The van der Waals surface area contributed by atoms with Gasteiger partial charge in [-0.05, 0) is 50.2 Å². The first-order chi connectivity index (χ1) is 5.93. The van der Waals surface area contributed by atoms with Gasteiger partial charge in [0.1, 0.15) is 0 Å². The maximum absolute atomic E-state index is 4.16. The summed E-state index contributed by atoms with van der Waals surface area (Å²) in [6.45, 7) is 0. The lowest BCUT2D eigenvalue weighted by Gasteiger charge is -2.05. The molecule has 1 heteroatoms. The highest BCUT2D eigenvalue weighted by Gasteiger charge is 2.17. The number of hydrogen-bond acceptors (Lipinski definition) is 1. The molecule has 0 amide bonds. The Morgan fingerprint density at radius 1 is 0.917 bits per heavy atom. The molecule has 9 radical (unpaired) electrons. The third-order valence-electron chi connectivity index (χ3n) is 1.82. The van der Waals surface area contributed by atoms with Gasteiger partial charge in [-0.25, -0.2) is 0 Å². The second-order valence-electron chi connectivity index (χ2n) is 2.87. The van der Waals surface area contributed by atoms with Crippen LogP contribution in [0.1, 0.15) is 32.1 Å². The van der Waals surface area contributed by atoms with Crippen molar-refractivity contribution in [2.24, 2.45) is 0 Å². The molecule has 0 N–H and O–H groups in total. The smallest absolute Gasteiger partial charge is 0.0000244 e. The molecular formula is C11H13S. The van der Waals surface area contributed by atoms with Gasteiger partial charge in [0.2, 0.25) is 0 Å². The first kappa shape index (κ1) is 10.4. The molecule has 0 saturated heterocycles. The Kier molecular flexibility index (Phi) is 5.93. The Morgan fingerprint density at radius 3 is 2.25 bits per heavy atom. The lowest BCUT2D eigenvalue weighted by molar-refractivity contribution is 0.654. The quantitative estimate of drug-likeness (QED) is 0.468. The van der Waals surface area contributed by atoms with Gasteiger partial charge in [-0.3, -0.25) is 0 Å². The van der Waals surface area contributed by atoms with Gasteiger partial charge in [0.25, 0.3) is 0 Å². The van der Waals surface area contributed by atoms with E-state index in [4.69, 9.17) is 0 Å². The molecule has 0 aromatic rings. The van der Waals surface area contributed by atoms with Gasteiger partial charge >= 0.3 is 0 Å². The molecule has 0 bridgehead atoms. The Bertz CT molecular complexity index is 95.2. The van der Waals surface area contributed by atoms with Crippen LogP contribution in [0.4, 0.5) is 0 Å². The normalized spacial score (nSPS) is 18.8. The third-order valence-corrected chi connectivity index (χ3v) is 2.14. The van der Waals surface area contributed by atoms with Crippen molar-refractivity contribution in [1.29, 1.82) is 0 Å². The van der Waals surface area contributed by atoms with Crippen LogP contribution >= 0.6 is 12.6 Å². The molecule has 0 nitrogen and oxygen atoms in total. The van der Waals surface area contributed by atoms with Crippen molar-refractivity contribution < 1.29 is 0 Å². The molecule has 0 spiro atoms. The minimum Gasteiger partial charge on any atom is -0.179 e. The Balaban J connectivity index is 1.81. The van der Waals surface area contributed by atoms with Gasteiger partial charge < -0.3 is 0 Å². The van der Waals surface area contributed by atoms with E-state index in [1.54, 1.807) is 0 Å². The fraction of sp³-hybridized carbons (Fsp3) is 0.545. The van der Waals surface area contributed by atoms with Crippen molar-refractivity contribution in [1.82, 2.24) is 0 Å². The fourth-order valence-corrected chi connectivity index (χ4v) is 1.36. The van der Waals surface area contributed by atoms with Crippen molar-refractivity contribution in [3.05, 3.63) is 31.6 Å². The molecule has 12 heavy (non-hydrogen) atoms. The van der Waals surface area contributed by atoms with E-state index in [-0.39, 0.29) is 0 Å². The summed E-state index contributed by atoms with van der Waals surface area (Å²) in [5.41, 5.74) is 0. The highest BCUT2D eigenvalue weighted by atomic mass is 32.1. The van der Waals surface area contributed by atoms with Crippen molar-refractivity contribution in [2.45, 2.75) is 32.1 Å². The van der Waals surface area contributed by atoms with Gasteiger partial charge in [0.05, 0.1) is 0 Å².